The van der Waals surface area contributed by atoms with Crippen molar-refractivity contribution in [1.82, 2.24) is 4.57 Å². The molecule has 0 atom stereocenters. The van der Waals surface area contributed by atoms with Gasteiger partial charge in [-0.15, -0.1) is 0 Å². The van der Waals surface area contributed by atoms with Crippen molar-refractivity contribution in [3.63, 3.8) is 0 Å². The topological polar surface area (TPSA) is 30.9 Å². The number of fused-ring (bicyclic) bond motifs is 1. The predicted octanol–water partition coefficient (Wildman–Crippen LogP) is 3.97. The second-order valence-electron chi connectivity index (χ2n) is 5.40. The fraction of sp³-hybridized carbons (Fsp3) is 0.529. The highest BCUT2D eigenvalue weighted by Crippen LogP contribution is 2.24. The van der Waals surface area contributed by atoms with Crippen LogP contribution in [0.3, 0.4) is 0 Å². The molecule has 0 amide bonds. The van der Waals surface area contributed by atoms with Crippen LogP contribution < -0.4 is 5.73 Å². The first-order valence-corrected chi connectivity index (χ1v) is 7.56. The van der Waals surface area contributed by atoms with Gasteiger partial charge < -0.3 is 10.3 Å². The highest BCUT2D eigenvalue weighted by molar-refractivity contribution is 5.84. The van der Waals surface area contributed by atoms with E-state index in [2.05, 4.69) is 48.9 Å². The summed E-state index contributed by atoms with van der Waals surface area (Å²) in [5, 5.41) is 1.40. The van der Waals surface area contributed by atoms with Gasteiger partial charge in [0, 0.05) is 23.6 Å². The van der Waals surface area contributed by atoms with Gasteiger partial charge in [0.1, 0.15) is 0 Å². The number of nitrogens with two attached hydrogens (primary N) is 1. The number of para-hydroxylation sites is 1. The quantitative estimate of drug-likeness (QED) is 0.800. The summed E-state index contributed by atoms with van der Waals surface area (Å²) in [4.78, 5) is 0. The van der Waals surface area contributed by atoms with E-state index in [9.17, 15) is 0 Å². The first-order valence-electron chi connectivity index (χ1n) is 7.56. The highest BCUT2D eigenvalue weighted by Gasteiger charge is 2.10. The van der Waals surface area contributed by atoms with Crippen LogP contribution in [0.4, 0.5) is 0 Å². The van der Waals surface area contributed by atoms with Gasteiger partial charge in [0.2, 0.25) is 0 Å². The van der Waals surface area contributed by atoms with Gasteiger partial charge >= 0.3 is 0 Å². The van der Waals surface area contributed by atoms with Gasteiger partial charge in [-0.1, -0.05) is 44.9 Å². The lowest BCUT2D eigenvalue weighted by Gasteiger charge is -2.14. The molecule has 2 rings (SSSR count). The Morgan fingerprint density at radius 2 is 1.89 bits per heavy atom. The highest BCUT2D eigenvalue weighted by atomic mass is 15.0. The molecule has 1 heterocycles. The summed E-state index contributed by atoms with van der Waals surface area (Å²) < 4.78 is 2.44. The Morgan fingerprint density at radius 3 is 2.58 bits per heavy atom. The Hall–Kier alpha value is -1.28. The number of nitrogens with zero attached hydrogens (tertiary/aromatic N) is 1. The molecule has 0 bridgehead atoms. The Bertz CT molecular complexity index is 509. The Labute approximate surface area is 116 Å². The number of hydrogen-bond acceptors (Lipinski definition) is 1. The molecule has 0 saturated carbocycles. The van der Waals surface area contributed by atoms with Crippen molar-refractivity contribution in [2.75, 3.05) is 6.54 Å². The zero-order valence-corrected chi connectivity index (χ0v) is 12.2. The SMILES string of the molecule is CCC(CC)Cn1cc(CCCN)c2ccccc21. The Morgan fingerprint density at radius 1 is 1.16 bits per heavy atom. The molecule has 0 radical (unpaired) electrons. The summed E-state index contributed by atoms with van der Waals surface area (Å²) in [5.41, 5.74) is 8.47. The van der Waals surface area contributed by atoms with Crippen molar-refractivity contribution >= 4 is 10.9 Å². The second-order valence-corrected chi connectivity index (χ2v) is 5.40. The molecular weight excluding hydrogens is 232 g/mol. The van der Waals surface area contributed by atoms with E-state index in [4.69, 9.17) is 5.73 Å². The number of aryl methyl sites for hydroxylation is 1. The van der Waals surface area contributed by atoms with Crippen LogP contribution in [-0.2, 0) is 13.0 Å². The van der Waals surface area contributed by atoms with E-state index in [-0.39, 0.29) is 0 Å². The first kappa shape index (κ1) is 14.1. The maximum atomic E-state index is 5.64. The zero-order valence-electron chi connectivity index (χ0n) is 12.2. The molecule has 0 unspecified atom stereocenters. The summed E-state index contributed by atoms with van der Waals surface area (Å²) in [6.07, 6.45) is 7.01. The number of rotatable bonds is 7. The van der Waals surface area contributed by atoms with Crippen molar-refractivity contribution in [2.24, 2.45) is 11.7 Å². The summed E-state index contributed by atoms with van der Waals surface area (Å²) in [5.74, 6) is 0.776. The van der Waals surface area contributed by atoms with Gasteiger partial charge in [-0.2, -0.15) is 0 Å². The molecule has 0 aliphatic heterocycles. The summed E-state index contributed by atoms with van der Waals surface area (Å²) in [6.45, 7) is 6.48. The molecule has 0 saturated heterocycles. The third kappa shape index (κ3) is 3.19. The molecule has 0 aliphatic rings. The van der Waals surface area contributed by atoms with Crippen molar-refractivity contribution in [1.29, 1.82) is 0 Å². The molecule has 2 aromatic rings. The molecule has 0 aliphatic carbocycles. The molecule has 2 nitrogen and oxygen atoms in total. The molecule has 0 fully saturated rings. The van der Waals surface area contributed by atoms with Crippen molar-refractivity contribution in [3.8, 4) is 0 Å². The number of aromatic nitrogens is 1. The molecule has 19 heavy (non-hydrogen) atoms. The van der Waals surface area contributed by atoms with E-state index < -0.39 is 0 Å². The third-order valence-electron chi connectivity index (χ3n) is 4.13. The van der Waals surface area contributed by atoms with Crippen molar-refractivity contribution in [3.05, 3.63) is 36.0 Å². The van der Waals surface area contributed by atoms with Crippen molar-refractivity contribution < 1.29 is 0 Å². The number of benzene rings is 1. The van der Waals surface area contributed by atoms with Gasteiger partial charge in [-0.3, -0.25) is 0 Å². The minimum absolute atomic E-state index is 0.770. The molecule has 2 N–H and O–H groups in total. The summed E-state index contributed by atoms with van der Waals surface area (Å²) in [7, 11) is 0. The zero-order chi connectivity index (χ0) is 13.7. The second kappa shape index (κ2) is 6.76. The van der Waals surface area contributed by atoms with Crippen LogP contribution in [0, 0.1) is 5.92 Å². The van der Waals surface area contributed by atoms with E-state index in [1.807, 2.05) is 0 Å². The third-order valence-corrected chi connectivity index (χ3v) is 4.13. The number of hydrogen-bond donors (Lipinski definition) is 1. The predicted molar refractivity (Wildman–Crippen MR) is 83.4 cm³/mol. The Balaban J connectivity index is 2.32. The standard InChI is InChI=1S/C17H26N2/c1-3-14(4-2)12-19-13-15(8-7-11-18)16-9-5-6-10-17(16)19/h5-6,9-10,13-14H,3-4,7-8,11-12,18H2,1-2H3. The lowest BCUT2D eigenvalue weighted by atomic mass is 10.0. The maximum Gasteiger partial charge on any atom is 0.0483 e. The fourth-order valence-corrected chi connectivity index (χ4v) is 2.79. The van der Waals surface area contributed by atoms with Crippen LogP contribution in [0.25, 0.3) is 10.9 Å². The van der Waals surface area contributed by atoms with Crippen LogP contribution >= 0.6 is 0 Å². The van der Waals surface area contributed by atoms with Crippen LogP contribution in [0.5, 0.6) is 0 Å². The molecule has 1 aromatic carbocycles. The van der Waals surface area contributed by atoms with Gasteiger partial charge in [0.25, 0.3) is 0 Å². The van der Waals surface area contributed by atoms with Gasteiger partial charge in [-0.25, -0.2) is 0 Å². The van der Waals surface area contributed by atoms with Crippen LogP contribution in [0.1, 0.15) is 38.7 Å². The molecule has 0 spiro atoms. The fourth-order valence-electron chi connectivity index (χ4n) is 2.79. The lowest BCUT2D eigenvalue weighted by Crippen LogP contribution is -2.08. The van der Waals surface area contributed by atoms with E-state index in [0.717, 1.165) is 31.8 Å². The van der Waals surface area contributed by atoms with E-state index in [0.29, 0.717) is 0 Å². The molecule has 1 aromatic heterocycles. The maximum absolute atomic E-state index is 5.64. The van der Waals surface area contributed by atoms with E-state index in [1.165, 1.54) is 29.3 Å². The summed E-state index contributed by atoms with van der Waals surface area (Å²) >= 11 is 0. The van der Waals surface area contributed by atoms with Crippen LogP contribution in [-0.4, -0.2) is 11.1 Å². The van der Waals surface area contributed by atoms with E-state index >= 15 is 0 Å². The van der Waals surface area contributed by atoms with Crippen LogP contribution in [0.2, 0.25) is 0 Å². The minimum atomic E-state index is 0.770. The van der Waals surface area contributed by atoms with Gasteiger partial charge in [-0.05, 0) is 36.9 Å². The average Bonchev–Trinajstić information content (AvgIpc) is 2.81. The van der Waals surface area contributed by atoms with Crippen LogP contribution in [0.15, 0.2) is 30.5 Å². The molecule has 104 valence electrons. The van der Waals surface area contributed by atoms with Gasteiger partial charge in [0.05, 0.1) is 0 Å². The van der Waals surface area contributed by atoms with Crippen molar-refractivity contribution in [2.45, 2.75) is 46.1 Å². The minimum Gasteiger partial charge on any atom is -0.347 e. The molecular formula is C17H26N2. The smallest absolute Gasteiger partial charge is 0.0483 e. The average molecular weight is 258 g/mol. The monoisotopic (exact) mass is 258 g/mol. The normalized spacial score (nSPS) is 11.6. The molecule has 2 heteroatoms. The largest absolute Gasteiger partial charge is 0.347 e. The van der Waals surface area contributed by atoms with Gasteiger partial charge in [0.15, 0.2) is 0 Å². The van der Waals surface area contributed by atoms with E-state index in [1.54, 1.807) is 0 Å². The Kier molecular flexibility index (Phi) is 5.03. The summed E-state index contributed by atoms with van der Waals surface area (Å²) in [6, 6.07) is 8.75. The first-order chi connectivity index (χ1) is 9.30. The lowest BCUT2D eigenvalue weighted by molar-refractivity contribution is 0.425.